The first-order valence-corrected chi connectivity index (χ1v) is 10.3. The van der Waals surface area contributed by atoms with Crippen LogP contribution in [0.3, 0.4) is 0 Å². The minimum atomic E-state index is -4.42. The predicted octanol–water partition coefficient (Wildman–Crippen LogP) is 6.96. The summed E-state index contributed by atoms with van der Waals surface area (Å²) in [7, 11) is 0. The van der Waals surface area contributed by atoms with E-state index in [1.165, 1.54) is 17.8 Å². The molecule has 0 aliphatic carbocycles. The van der Waals surface area contributed by atoms with Gasteiger partial charge in [-0.05, 0) is 74.2 Å². The van der Waals surface area contributed by atoms with Crippen molar-refractivity contribution in [3.8, 4) is 5.75 Å². The molecule has 3 aromatic rings. The SMILES string of the molecule is Cc1ccc(COc2c(Br)cc(/C=N\Nc3ccc(C(F)(F)F)cn3)cc2Br)cc1. The number of nitrogens with one attached hydrogen (secondary N) is 1. The van der Waals surface area contributed by atoms with Crippen molar-refractivity contribution < 1.29 is 17.9 Å². The molecule has 1 heterocycles. The Bertz CT molecular complexity index is 1010. The number of aryl methyl sites for hydroxylation is 1. The van der Waals surface area contributed by atoms with Gasteiger partial charge < -0.3 is 4.74 Å². The van der Waals surface area contributed by atoms with Crippen molar-refractivity contribution in [1.82, 2.24) is 4.98 Å². The second-order valence-corrected chi connectivity index (χ2v) is 8.10. The van der Waals surface area contributed by atoms with Crippen LogP contribution in [0.2, 0.25) is 0 Å². The molecule has 0 saturated heterocycles. The fourth-order valence-corrected chi connectivity index (χ4v) is 3.88. The minimum absolute atomic E-state index is 0.204. The fourth-order valence-electron chi connectivity index (χ4n) is 2.43. The van der Waals surface area contributed by atoms with E-state index >= 15 is 0 Å². The van der Waals surface area contributed by atoms with E-state index in [-0.39, 0.29) is 5.82 Å². The molecule has 0 aliphatic rings. The van der Waals surface area contributed by atoms with Crippen molar-refractivity contribution in [2.75, 3.05) is 5.43 Å². The lowest BCUT2D eigenvalue weighted by atomic mass is 10.2. The molecule has 30 heavy (non-hydrogen) atoms. The predicted molar refractivity (Wildman–Crippen MR) is 118 cm³/mol. The van der Waals surface area contributed by atoms with Gasteiger partial charge in [-0.2, -0.15) is 18.3 Å². The Morgan fingerprint density at radius 2 is 1.73 bits per heavy atom. The Morgan fingerprint density at radius 3 is 2.30 bits per heavy atom. The van der Waals surface area contributed by atoms with Crippen LogP contribution in [0.1, 0.15) is 22.3 Å². The molecule has 0 fully saturated rings. The summed E-state index contributed by atoms with van der Waals surface area (Å²) in [5, 5.41) is 4.02. The number of hydrogen-bond acceptors (Lipinski definition) is 4. The van der Waals surface area contributed by atoms with E-state index in [9.17, 15) is 13.2 Å². The molecule has 9 heteroatoms. The van der Waals surface area contributed by atoms with E-state index in [4.69, 9.17) is 4.74 Å². The average molecular weight is 543 g/mol. The van der Waals surface area contributed by atoms with Crippen molar-refractivity contribution in [3.63, 3.8) is 0 Å². The van der Waals surface area contributed by atoms with Crippen LogP contribution >= 0.6 is 31.9 Å². The molecule has 1 N–H and O–H groups in total. The minimum Gasteiger partial charge on any atom is -0.487 e. The number of alkyl halides is 3. The Labute approximate surface area is 188 Å². The molecule has 0 atom stereocenters. The maximum absolute atomic E-state index is 12.6. The lowest BCUT2D eigenvalue weighted by Crippen LogP contribution is -2.05. The van der Waals surface area contributed by atoms with Gasteiger partial charge >= 0.3 is 6.18 Å². The summed E-state index contributed by atoms with van der Waals surface area (Å²) in [6, 6.07) is 13.9. The number of nitrogens with zero attached hydrogens (tertiary/aromatic N) is 2. The van der Waals surface area contributed by atoms with Crippen molar-refractivity contribution >= 4 is 43.9 Å². The quantitative estimate of drug-likeness (QED) is 0.270. The van der Waals surface area contributed by atoms with Gasteiger partial charge in [-0.3, -0.25) is 5.43 Å². The number of benzene rings is 2. The molecule has 156 valence electrons. The van der Waals surface area contributed by atoms with Gasteiger partial charge in [-0.25, -0.2) is 4.98 Å². The van der Waals surface area contributed by atoms with E-state index < -0.39 is 11.7 Å². The first-order chi connectivity index (χ1) is 14.2. The molecular weight excluding hydrogens is 527 g/mol. The van der Waals surface area contributed by atoms with Gasteiger partial charge in [0.25, 0.3) is 0 Å². The topological polar surface area (TPSA) is 46.5 Å². The van der Waals surface area contributed by atoms with Gasteiger partial charge in [-0.15, -0.1) is 0 Å². The molecule has 0 spiro atoms. The molecule has 0 saturated carbocycles. The monoisotopic (exact) mass is 541 g/mol. The number of aromatic nitrogens is 1. The number of ether oxygens (including phenoxy) is 1. The summed E-state index contributed by atoms with van der Waals surface area (Å²) in [5.74, 6) is 0.862. The summed E-state index contributed by atoms with van der Waals surface area (Å²) in [5.41, 5.74) is 4.78. The molecule has 0 amide bonds. The van der Waals surface area contributed by atoms with Crippen LogP contribution in [0.25, 0.3) is 0 Å². The Kier molecular flexibility index (Phi) is 7.14. The molecule has 1 aromatic heterocycles. The highest BCUT2D eigenvalue weighted by atomic mass is 79.9. The summed E-state index contributed by atoms with van der Waals surface area (Å²) >= 11 is 6.98. The van der Waals surface area contributed by atoms with E-state index in [0.29, 0.717) is 12.4 Å². The zero-order valence-electron chi connectivity index (χ0n) is 15.7. The Morgan fingerprint density at radius 1 is 1.07 bits per heavy atom. The highest BCUT2D eigenvalue weighted by molar-refractivity contribution is 9.11. The number of hydrazone groups is 1. The fraction of sp³-hybridized carbons (Fsp3) is 0.143. The van der Waals surface area contributed by atoms with Gasteiger partial charge in [0.1, 0.15) is 18.2 Å². The smallest absolute Gasteiger partial charge is 0.417 e. The molecule has 0 radical (unpaired) electrons. The summed E-state index contributed by atoms with van der Waals surface area (Å²) in [6.45, 7) is 2.45. The molecule has 0 unspecified atom stereocenters. The largest absolute Gasteiger partial charge is 0.487 e. The second kappa shape index (κ2) is 9.61. The standard InChI is InChI=1S/C21H16Br2F3N3O/c1-13-2-4-14(5-3-13)12-30-20-17(22)8-15(9-18(20)23)10-28-29-19-7-6-16(11-27-19)21(24,25)26/h2-11H,12H2,1H3,(H,27,29)/b28-10-. The lowest BCUT2D eigenvalue weighted by Gasteiger charge is -2.11. The third-order valence-corrected chi connectivity index (χ3v) is 5.19. The normalized spacial score (nSPS) is 11.7. The first kappa shape index (κ1) is 22.3. The van der Waals surface area contributed by atoms with Crippen LogP contribution in [0.5, 0.6) is 5.75 Å². The van der Waals surface area contributed by atoms with E-state index in [1.807, 2.05) is 43.3 Å². The third-order valence-electron chi connectivity index (χ3n) is 4.01. The molecule has 3 rings (SSSR count). The molecule has 2 aromatic carbocycles. The molecule has 4 nitrogen and oxygen atoms in total. The van der Waals surface area contributed by atoms with E-state index in [2.05, 4.69) is 47.4 Å². The van der Waals surface area contributed by atoms with Crippen molar-refractivity contribution in [1.29, 1.82) is 0 Å². The average Bonchev–Trinajstić information content (AvgIpc) is 2.68. The van der Waals surface area contributed by atoms with Gasteiger partial charge in [-0.1, -0.05) is 29.8 Å². The highest BCUT2D eigenvalue weighted by Gasteiger charge is 2.30. The van der Waals surface area contributed by atoms with Crippen LogP contribution < -0.4 is 10.2 Å². The van der Waals surface area contributed by atoms with E-state index in [1.54, 1.807) is 0 Å². The van der Waals surface area contributed by atoms with Crippen molar-refractivity contribution in [2.24, 2.45) is 5.10 Å². The number of halogens is 5. The van der Waals surface area contributed by atoms with Crippen LogP contribution in [-0.4, -0.2) is 11.2 Å². The highest BCUT2D eigenvalue weighted by Crippen LogP contribution is 2.35. The van der Waals surface area contributed by atoms with Crippen LogP contribution in [0, 0.1) is 6.92 Å². The van der Waals surface area contributed by atoms with E-state index in [0.717, 1.165) is 32.3 Å². The molecular formula is C21H16Br2F3N3O. The number of pyridine rings is 1. The number of rotatable bonds is 6. The van der Waals surface area contributed by atoms with Gasteiger partial charge in [0.15, 0.2) is 0 Å². The molecule has 0 bridgehead atoms. The third kappa shape index (κ3) is 6.06. The maximum Gasteiger partial charge on any atom is 0.417 e. The Balaban J connectivity index is 1.63. The first-order valence-electron chi connectivity index (χ1n) is 8.72. The summed E-state index contributed by atoms with van der Waals surface area (Å²) < 4.78 is 45.1. The summed E-state index contributed by atoms with van der Waals surface area (Å²) in [4.78, 5) is 3.70. The van der Waals surface area contributed by atoms with Gasteiger partial charge in [0.2, 0.25) is 0 Å². The Hall–Kier alpha value is -2.39. The number of hydrogen-bond donors (Lipinski definition) is 1. The zero-order valence-corrected chi connectivity index (χ0v) is 18.8. The second-order valence-electron chi connectivity index (χ2n) is 6.39. The van der Waals surface area contributed by atoms with Crippen molar-refractivity contribution in [2.45, 2.75) is 19.7 Å². The van der Waals surface area contributed by atoms with Crippen LogP contribution in [0.4, 0.5) is 19.0 Å². The van der Waals surface area contributed by atoms with Crippen LogP contribution in [0.15, 0.2) is 68.8 Å². The number of anilines is 1. The summed E-state index contributed by atoms with van der Waals surface area (Å²) in [6.07, 6.45) is -2.14. The lowest BCUT2D eigenvalue weighted by molar-refractivity contribution is -0.137. The van der Waals surface area contributed by atoms with Gasteiger partial charge in [0, 0.05) is 6.20 Å². The van der Waals surface area contributed by atoms with Crippen molar-refractivity contribution in [3.05, 3.63) is 85.9 Å². The van der Waals surface area contributed by atoms with Crippen LogP contribution in [-0.2, 0) is 12.8 Å². The van der Waals surface area contributed by atoms with Gasteiger partial charge in [0.05, 0.1) is 20.7 Å². The molecule has 0 aliphatic heterocycles. The zero-order chi connectivity index (χ0) is 21.7. The maximum atomic E-state index is 12.6.